The SMILES string of the molecule is CCOc1ccc(/C=N\NC(=O)c2cc(-c3ccc(OC)cc3)nn2-c2ccccc2)cc1. The van der Waals surface area contributed by atoms with Crippen molar-refractivity contribution < 1.29 is 14.3 Å². The molecule has 0 aliphatic carbocycles. The first-order valence-corrected chi connectivity index (χ1v) is 10.5. The number of carbonyl (C=O) groups excluding carboxylic acids is 1. The second-order valence-electron chi connectivity index (χ2n) is 7.09. The number of para-hydroxylation sites is 1. The number of methoxy groups -OCH3 is 1. The van der Waals surface area contributed by atoms with Crippen LogP contribution in [0, 0.1) is 0 Å². The van der Waals surface area contributed by atoms with Crippen molar-refractivity contribution in [3.05, 3.63) is 96.2 Å². The standard InChI is InChI=1S/C26H24N4O3/c1-3-33-23-13-9-19(10-14-23)18-27-28-26(31)25-17-24(20-11-15-22(32-2)16-12-20)29-30(25)21-7-5-4-6-8-21/h4-18H,3H2,1-2H3,(H,28,31)/b27-18-. The van der Waals surface area contributed by atoms with Gasteiger partial charge in [0.1, 0.15) is 17.2 Å². The molecule has 3 aromatic carbocycles. The molecule has 4 aromatic rings. The van der Waals surface area contributed by atoms with Crippen LogP contribution >= 0.6 is 0 Å². The topological polar surface area (TPSA) is 77.7 Å². The molecule has 1 aromatic heterocycles. The molecule has 4 rings (SSSR count). The van der Waals surface area contributed by atoms with Gasteiger partial charge in [0.15, 0.2) is 0 Å². The maximum Gasteiger partial charge on any atom is 0.290 e. The molecule has 0 aliphatic rings. The van der Waals surface area contributed by atoms with Crippen LogP contribution in [0.2, 0.25) is 0 Å². The van der Waals surface area contributed by atoms with Gasteiger partial charge in [0.2, 0.25) is 0 Å². The summed E-state index contributed by atoms with van der Waals surface area (Å²) in [4.78, 5) is 13.0. The van der Waals surface area contributed by atoms with Crippen molar-refractivity contribution in [2.45, 2.75) is 6.92 Å². The van der Waals surface area contributed by atoms with Gasteiger partial charge in [-0.05, 0) is 79.2 Å². The fourth-order valence-corrected chi connectivity index (χ4v) is 3.25. The largest absolute Gasteiger partial charge is 0.497 e. The van der Waals surface area contributed by atoms with E-state index in [0.717, 1.165) is 28.3 Å². The highest BCUT2D eigenvalue weighted by atomic mass is 16.5. The minimum atomic E-state index is -0.367. The third-order valence-corrected chi connectivity index (χ3v) is 4.90. The van der Waals surface area contributed by atoms with E-state index in [1.165, 1.54) is 0 Å². The van der Waals surface area contributed by atoms with Crippen molar-refractivity contribution in [1.82, 2.24) is 15.2 Å². The predicted molar refractivity (Wildman–Crippen MR) is 128 cm³/mol. The van der Waals surface area contributed by atoms with Crippen LogP contribution in [-0.4, -0.2) is 35.6 Å². The monoisotopic (exact) mass is 440 g/mol. The van der Waals surface area contributed by atoms with Gasteiger partial charge >= 0.3 is 0 Å². The summed E-state index contributed by atoms with van der Waals surface area (Å²) in [6.07, 6.45) is 1.58. The predicted octanol–water partition coefficient (Wildman–Crippen LogP) is 4.71. The molecular weight excluding hydrogens is 416 g/mol. The van der Waals surface area contributed by atoms with Crippen molar-refractivity contribution in [3.8, 4) is 28.4 Å². The third kappa shape index (κ3) is 5.27. The van der Waals surface area contributed by atoms with Gasteiger partial charge in [0.05, 0.1) is 31.3 Å². The minimum Gasteiger partial charge on any atom is -0.497 e. The third-order valence-electron chi connectivity index (χ3n) is 4.90. The van der Waals surface area contributed by atoms with Crippen molar-refractivity contribution >= 4 is 12.1 Å². The van der Waals surface area contributed by atoms with E-state index in [4.69, 9.17) is 9.47 Å². The molecule has 0 atom stereocenters. The van der Waals surface area contributed by atoms with E-state index in [1.54, 1.807) is 24.1 Å². The Morgan fingerprint density at radius 1 is 1.00 bits per heavy atom. The number of hydrazone groups is 1. The Bertz CT molecular complexity index is 1230. The van der Waals surface area contributed by atoms with Crippen LogP contribution in [0.4, 0.5) is 0 Å². The van der Waals surface area contributed by atoms with Gasteiger partial charge in [-0.1, -0.05) is 18.2 Å². The van der Waals surface area contributed by atoms with Crippen LogP contribution in [0.5, 0.6) is 11.5 Å². The smallest absolute Gasteiger partial charge is 0.290 e. The number of rotatable bonds is 8. The van der Waals surface area contributed by atoms with Crippen LogP contribution in [0.15, 0.2) is 90.0 Å². The van der Waals surface area contributed by atoms with Gasteiger partial charge < -0.3 is 9.47 Å². The van der Waals surface area contributed by atoms with Crippen LogP contribution < -0.4 is 14.9 Å². The quantitative estimate of drug-likeness (QED) is 0.318. The Morgan fingerprint density at radius 2 is 1.70 bits per heavy atom. The summed E-state index contributed by atoms with van der Waals surface area (Å²) in [7, 11) is 1.62. The molecule has 0 aliphatic heterocycles. The number of amides is 1. The maximum atomic E-state index is 13.0. The van der Waals surface area contributed by atoms with Crippen molar-refractivity contribution in [1.29, 1.82) is 0 Å². The Kier molecular flexibility index (Phi) is 6.80. The summed E-state index contributed by atoms with van der Waals surface area (Å²) < 4.78 is 12.3. The van der Waals surface area contributed by atoms with Gasteiger partial charge in [-0.15, -0.1) is 0 Å². The molecular formula is C26H24N4O3. The first kappa shape index (κ1) is 21.8. The highest BCUT2D eigenvalue weighted by Crippen LogP contribution is 2.24. The van der Waals surface area contributed by atoms with E-state index >= 15 is 0 Å². The van der Waals surface area contributed by atoms with Gasteiger partial charge in [0.25, 0.3) is 5.91 Å². The molecule has 0 fully saturated rings. The summed E-state index contributed by atoms with van der Waals surface area (Å²) in [6.45, 7) is 2.54. The first-order chi connectivity index (χ1) is 16.2. The zero-order chi connectivity index (χ0) is 23.0. The molecule has 1 amide bonds. The van der Waals surface area contributed by atoms with E-state index < -0.39 is 0 Å². The summed E-state index contributed by atoms with van der Waals surface area (Å²) in [6, 6.07) is 26.2. The fraction of sp³-hybridized carbons (Fsp3) is 0.115. The lowest BCUT2D eigenvalue weighted by Gasteiger charge is -2.06. The number of carbonyl (C=O) groups is 1. The Balaban J connectivity index is 1.58. The molecule has 7 heteroatoms. The Hall–Kier alpha value is -4.39. The average Bonchev–Trinajstić information content (AvgIpc) is 3.32. The van der Waals surface area contributed by atoms with Gasteiger partial charge in [-0.3, -0.25) is 4.79 Å². The lowest BCUT2D eigenvalue weighted by Crippen LogP contribution is -2.21. The zero-order valence-corrected chi connectivity index (χ0v) is 18.4. The fourth-order valence-electron chi connectivity index (χ4n) is 3.25. The molecule has 0 unspecified atom stereocenters. The van der Waals surface area contributed by atoms with Crippen LogP contribution in [0.25, 0.3) is 16.9 Å². The molecule has 0 bridgehead atoms. The number of nitrogens with one attached hydrogen (secondary N) is 1. The van der Waals surface area contributed by atoms with Gasteiger partial charge in [-0.25, -0.2) is 10.1 Å². The number of nitrogens with zero attached hydrogens (tertiary/aromatic N) is 3. The second-order valence-corrected chi connectivity index (χ2v) is 7.09. The number of benzene rings is 3. The van der Waals surface area contributed by atoms with Crippen molar-refractivity contribution in [2.24, 2.45) is 5.10 Å². The number of aromatic nitrogens is 2. The molecule has 0 radical (unpaired) electrons. The van der Waals surface area contributed by atoms with E-state index in [9.17, 15) is 4.79 Å². The van der Waals surface area contributed by atoms with Crippen LogP contribution in [0.1, 0.15) is 23.0 Å². The maximum absolute atomic E-state index is 13.0. The average molecular weight is 441 g/mol. The molecule has 33 heavy (non-hydrogen) atoms. The minimum absolute atomic E-state index is 0.367. The van der Waals surface area contributed by atoms with Crippen molar-refractivity contribution in [3.63, 3.8) is 0 Å². The Morgan fingerprint density at radius 3 is 2.36 bits per heavy atom. The van der Waals surface area contributed by atoms with E-state index in [-0.39, 0.29) is 5.91 Å². The zero-order valence-electron chi connectivity index (χ0n) is 18.4. The summed E-state index contributed by atoms with van der Waals surface area (Å²) in [5, 5.41) is 8.78. The van der Waals surface area contributed by atoms with Crippen LogP contribution in [-0.2, 0) is 0 Å². The van der Waals surface area contributed by atoms with Gasteiger partial charge in [0, 0.05) is 5.56 Å². The number of ether oxygens (including phenoxy) is 2. The lowest BCUT2D eigenvalue weighted by atomic mass is 10.1. The first-order valence-electron chi connectivity index (χ1n) is 10.5. The number of hydrogen-bond acceptors (Lipinski definition) is 5. The molecule has 166 valence electrons. The van der Waals surface area contributed by atoms with Crippen molar-refractivity contribution in [2.75, 3.05) is 13.7 Å². The highest BCUT2D eigenvalue weighted by Gasteiger charge is 2.17. The summed E-state index contributed by atoms with van der Waals surface area (Å²) >= 11 is 0. The Labute approximate surface area is 192 Å². The van der Waals surface area contributed by atoms with E-state index in [0.29, 0.717) is 18.0 Å². The second kappa shape index (κ2) is 10.3. The highest BCUT2D eigenvalue weighted by molar-refractivity contribution is 5.95. The number of hydrogen-bond donors (Lipinski definition) is 1. The molecule has 0 spiro atoms. The normalized spacial score (nSPS) is 10.8. The molecule has 1 heterocycles. The van der Waals surface area contributed by atoms with Gasteiger partial charge in [-0.2, -0.15) is 10.2 Å². The summed E-state index contributed by atoms with van der Waals surface area (Å²) in [5.41, 5.74) is 6.13. The molecule has 1 N–H and O–H groups in total. The molecule has 0 saturated heterocycles. The lowest BCUT2D eigenvalue weighted by molar-refractivity contribution is 0.0947. The molecule has 0 saturated carbocycles. The van der Waals surface area contributed by atoms with Crippen LogP contribution in [0.3, 0.4) is 0 Å². The van der Waals surface area contributed by atoms with E-state index in [2.05, 4.69) is 15.6 Å². The van der Waals surface area contributed by atoms with E-state index in [1.807, 2.05) is 85.8 Å². The summed E-state index contributed by atoms with van der Waals surface area (Å²) in [5.74, 6) is 1.17. The molecule has 7 nitrogen and oxygen atoms in total.